The number of aryl methyl sites for hydroxylation is 2. The minimum Gasteiger partial charge on any atom is -0.351 e. The number of carbonyl (C=O) groups is 1. The van der Waals surface area contributed by atoms with Crippen molar-refractivity contribution in [1.82, 2.24) is 15.6 Å². The van der Waals surface area contributed by atoms with Crippen molar-refractivity contribution in [3.63, 3.8) is 0 Å². The van der Waals surface area contributed by atoms with Crippen LogP contribution in [0.15, 0.2) is 12.3 Å². The zero-order valence-electron chi connectivity index (χ0n) is 13.5. The van der Waals surface area contributed by atoms with Crippen molar-refractivity contribution in [1.29, 1.82) is 0 Å². The van der Waals surface area contributed by atoms with E-state index >= 15 is 0 Å². The summed E-state index contributed by atoms with van der Waals surface area (Å²) in [5, 5.41) is 6.47. The summed E-state index contributed by atoms with van der Waals surface area (Å²) in [4.78, 5) is 15.5. The number of carbonyl (C=O) groups excluding carboxylic acids is 1. The van der Waals surface area contributed by atoms with Crippen LogP contribution in [0.5, 0.6) is 0 Å². The van der Waals surface area contributed by atoms with Crippen molar-refractivity contribution in [2.75, 3.05) is 0 Å². The second-order valence-electron chi connectivity index (χ2n) is 6.30. The number of rotatable bonds is 6. The fraction of sp³-hybridized carbons (Fsp3) is 0.625. The molecule has 0 fully saturated rings. The molecule has 0 bridgehead atoms. The van der Waals surface area contributed by atoms with E-state index in [1.54, 1.807) is 6.92 Å². The third kappa shape index (κ3) is 5.70. The summed E-state index contributed by atoms with van der Waals surface area (Å²) in [6.45, 7) is 12.7. The van der Waals surface area contributed by atoms with Crippen molar-refractivity contribution in [3.8, 4) is 0 Å². The molecule has 0 unspecified atom stereocenters. The van der Waals surface area contributed by atoms with Crippen LogP contribution < -0.4 is 10.6 Å². The van der Waals surface area contributed by atoms with Gasteiger partial charge in [-0.2, -0.15) is 0 Å². The molecule has 0 spiro atoms. The van der Waals surface area contributed by atoms with E-state index in [1.165, 1.54) is 11.1 Å². The highest BCUT2D eigenvalue weighted by molar-refractivity contribution is 5.73. The Bertz CT molecular complexity index is 469. The molecule has 1 amide bonds. The average Bonchev–Trinajstić information content (AvgIpc) is 2.24. The van der Waals surface area contributed by atoms with Gasteiger partial charge in [-0.05, 0) is 58.2 Å². The quantitative estimate of drug-likeness (QED) is 0.840. The Hall–Kier alpha value is -1.42. The highest BCUT2D eigenvalue weighted by atomic mass is 16.1. The molecule has 1 heterocycles. The lowest BCUT2D eigenvalue weighted by atomic mass is 9.95. The fourth-order valence-corrected chi connectivity index (χ4v) is 2.56. The molecule has 4 nitrogen and oxygen atoms in total. The predicted molar refractivity (Wildman–Crippen MR) is 82.5 cm³/mol. The normalized spacial score (nSPS) is 13.1. The summed E-state index contributed by atoms with van der Waals surface area (Å²) >= 11 is 0. The lowest BCUT2D eigenvalue weighted by molar-refractivity contribution is -0.120. The van der Waals surface area contributed by atoms with Crippen LogP contribution in [-0.2, 0) is 11.3 Å². The molecule has 0 aliphatic carbocycles. The van der Waals surface area contributed by atoms with Crippen LogP contribution in [-0.4, -0.2) is 22.5 Å². The largest absolute Gasteiger partial charge is 0.351 e. The zero-order valence-corrected chi connectivity index (χ0v) is 13.5. The number of aromatic nitrogens is 1. The summed E-state index contributed by atoms with van der Waals surface area (Å²) in [5.41, 5.74) is 3.34. The lowest BCUT2D eigenvalue weighted by Crippen LogP contribution is -2.46. The molecular weight excluding hydrogens is 250 g/mol. The van der Waals surface area contributed by atoms with Crippen molar-refractivity contribution in [3.05, 3.63) is 29.1 Å². The van der Waals surface area contributed by atoms with E-state index in [4.69, 9.17) is 0 Å². The molecule has 2 N–H and O–H groups in total. The standard InChI is InChI=1S/C16H27N3O/c1-11-7-12(2)17-9-15(11)10-18-13(3)8-16(5,6)19-14(4)20/h7,9,13,18H,8,10H2,1-6H3,(H,19,20)/t13-/m0/s1. The smallest absolute Gasteiger partial charge is 0.217 e. The predicted octanol–water partition coefficient (Wildman–Crippen LogP) is 2.48. The first-order valence-electron chi connectivity index (χ1n) is 7.14. The van der Waals surface area contributed by atoms with Crippen LogP contribution >= 0.6 is 0 Å². The Labute approximate surface area is 122 Å². The van der Waals surface area contributed by atoms with Crippen LogP contribution in [0.1, 0.15) is 50.9 Å². The maximum atomic E-state index is 11.2. The van der Waals surface area contributed by atoms with Gasteiger partial charge in [-0.1, -0.05) is 0 Å². The van der Waals surface area contributed by atoms with Gasteiger partial charge in [0.1, 0.15) is 0 Å². The van der Waals surface area contributed by atoms with Gasteiger partial charge in [-0.15, -0.1) is 0 Å². The average molecular weight is 277 g/mol. The van der Waals surface area contributed by atoms with Gasteiger partial charge < -0.3 is 10.6 Å². The highest BCUT2D eigenvalue weighted by Gasteiger charge is 2.21. The first-order chi connectivity index (χ1) is 9.19. The minimum atomic E-state index is -0.196. The molecule has 1 aromatic heterocycles. The molecule has 1 atom stereocenters. The van der Waals surface area contributed by atoms with Crippen molar-refractivity contribution >= 4 is 5.91 Å². The van der Waals surface area contributed by atoms with Gasteiger partial charge in [0.25, 0.3) is 0 Å². The van der Waals surface area contributed by atoms with E-state index in [-0.39, 0.29) is 11.4 Å². The zero-order chi connectivity index (χ0) is 15.3. The maximum Gasteiger partial charge on any atom is 0.217 e. The van der Waals surface area contributed by atoms with Gasteiger partial charge in [0.05, 0.1) is 0 Å². The van der Waals surface area contributed by atoms with Gasteiger partial charge in [0.2, 0.25) is 5.91 Å². The Kier molecular flexibility index (Phi) is 5.69. The Balaban J connectivity index is 2.50. The number of hydrogen-bond acceptors (Lipinski definition) is 3. The molecule has 0 aromatic carbocycles. The molecule has 0 aliphatic rings. The van der Waals surface area contributed by atoms with Crippen LogP contribution in [0.25, 0.3) is 0 Å². The van der Waals surface area contributed by atoms with Crippen LogP contribution in [0.2, 0.25) is 0 Å². The van der Waals surface area contributed by atoms with E-state index in [0.29, 0.717) is 6.04 Å². The van der Waals surface area contributed by atoms with Gasteiger partial charge in [0, 0.05) is 36.9 Å². The SMILES string of the molecule is CC(=O)NC(C)(C)C[C@H](C)NCc1cnc(C)cc1C. The highest BCUT2D eigenvalue weighted by Crippen LogP contribution is 2.13. The van der Waals surface area contributed by atoms with Crippen LogP contribution in [0.3, 0.4) is 0 Å². The molecule has 0 radical (unpaired) electrons. The van der Waals surface area contributed by atoms with Gasteiger partial charge in [0.15, 0.2) is 0 Å². The second kappa shape index (κ2) is 6.84. The number of nitrogens with zero attached hydrogens (tertiary/aromatic N) is 1. The van der Waals surface area contributed by atoms with E-state index < -0.39 is 0 Å². The monoisotopic (exact) mass is 277 g/mol. The molecular formula is C16H27N3O. The Morgan fingerprint density at radius 3 is 2.60 bits per heavy atom. The summed E-state index contributed by atoms with van der Waals surface area (Å²) in [7, 11) is 0. The van der Waals surface area contributed by atoms with Crippen molar-refractivity contribution in [2.45, 2.75) is 66.1 Å². The van der Waals surface area contributed by atoms with Crippen molar-refractivity contribution < 1.29 is 4.79 Å². The third-order valence-electron chi connectivity index (χ3n) is 3.33. The summed E-state index contributed by atoms with van der Waals surface area (Å²) in [5.74, 6) is 0.0146. The maximum absolute atomic E-state index is 11.2. The fourth-order valence-electron chi connectivity index (χ4n) is 2.56. The first kappa shape index (κ1) is 16.6. The lowest BCUT2D eigenvalue weighted by Gasteiger charge is -2.29. The van der Waals surface area contributed by atoms with Gasteiger partial charge in [-0.3, -0.25) is 9.78 Å². The summed E-state index contributed by atoms with van der Waals surface area (Å²) in [6.07, 6.45) is 2.81. The Morgan fingerprint density at radius 1 is 1.40 bits per heavy atom. The molecule has 4 heteroatoms. The topological polar surface area (TPSA) is 54.0 Å². The second-order valence-corrected chi connectivity index (χ2v) is 6.30. The number of pyridine rings is 1. The first-order valence-corrected chi connectivity index (χ1v) is 7.14. The Morgan fingerprint density at radius 2 is 2.05 bits per heavy atom. The van der Waals surface area contributed by atoms with Gasteiger partial charge in [-0.25, -0.2) is 0 Å². The van der Waals surface area contributed by atoms with Crippen LogP contribution in [0.4, 0.5) is 0 Å². The molecule has 20 heavy (non-hydrogen) atoms. The number of nitrogens with one attached hydrogen (secondary N) is 2. The summed E-state index contributed by atoms with van der Waals surface area (Å²) in [6, 6.07) is 2.42. The number of hydrogen-bond donors (Lipinski definition) is 2. The van der Waals surface area contributed by atoms with E-state index in [0.717, 1.165) is 18.7 Å². The van der Waals surface area contributed by atoms with Crippen molar-refractivity contribution in [2.24, 2.45) is 0 Å². The third-order valence-corrected chi connectivity index (χ3v) is 3.33. The molecule has 0 saturated carbocycles. The van der Waals surface area contributed by atoms with E-state index in [1.807, 2.05) is 27.0 Å². The molecule has 1 rings (SSSR count). The minimum absolute atomic E-state index is 0.0146. The summed E-state index contributed by atoms with van der Waals surface area (Å²) < 4.78 is 0. The molecule has 112 valence electrons. The van der Waals surface area contributed by atoms with Gasteiger partial charge >= 0.3 is 0 Å². The molecule has 1 aromatic rings. The van der Waals surface area contributed by atoms with E-state index in [9.17, 15) is 4.79 Å². The van der Waals surface area contributed by atoms with Crippen LogP contribution in [0, 0.1) is 13.8 Å². The van der Waals surface area contributed by atoms with E-state index in [2.05, 4.69) is 35.5 Å². The molecule has 0 aliphatic heterocycles. The number of amides is 1. The molecule has 0 saturated heterocycles.